The van der Waals surface area contributed by atoms with Gasteiger partial charge in [0.05, 0.1) is 0 Å². The zero-order chi connectivity index (χ0) is 23.2. The molecule has 0 aliphatic heterocycles. The van der Waals surface area contributed by atoms with Gasteiger partial charge in [-0.3, -0.25) is 0 Å². The standard InChI is InChI=1S/C30H27NO2/c1-4-30(32)33-23(3)24-12-14-25(15-13-24)26-16-20-29(21-17-26)31(27-8-6-5-7-9-27)28-18-10-22(2)11-19-28/h4-21,23H,1H2,2-3H3. The Bertz CT molecular complexity index is 1210. The highest BCUT2D eigenvalue weighted by Gasteiger charge is 2.13. The molecule has 0 bridgehead atoms. The SMILES string of the molecule is C=CC(=O)OC(C)c1ccc(-c2ccc(N(c3ccccc3)c3ccc(C)cc3)cc2)cc1. The quantitative estimate of drug-likeness (QED) is 0.219. The van der Waals surface area contributed by atoms with E-state index in [2.05, 4.69) is 103 Å². The maximum absolute atomic E-state index is 11.4. The summed E-state index contributed by atoms with van der Waals surface area (Å²) in [6, 6.07) is 35.6. The molecule has 3 heteroatoms. The zero-order valence-electron chi connectivity index (χ0n) is 18.9. The van der Waals surface area contributed by atoms with E-state index in [1.165, 1.54) is 11.6 Å². The third-order valence-electron chi connectivity index (χ3n) is 5.61. The Balaban J connectivity index is 1.60. The lowest BCUT2D eigenvalue weighted by atomic mass is 10.0. The van der Waals surface area contributed by atoms with E-state index in [4.69, 9.17) is 4.74 Å². The van der Waals surface area contributed by atoms with Crippen molar-refractivity contribution in [2.24, 2.45) is 0 Å². The van der Waals surface area contributed by atoms with Crippen molar-refractivity contribution in [2.75, 3.05) is 4.90 Å². The third-order valence-corrected chi connectivity index (χ3v) is 5.61. The fourth-order valence-electron chi connectivity index (χ4n) is 3.76. The molecule has 0 spiro atoms. The number of carbonyl (C=O) groups is 1. The van der Waals surface area contributed by atoms with Gasteiger partial charge >= 0.3 is 5.97 Å². The first kappa shape index (κ1) is 22.1. The van der Waals surface area contributed by atoms with Crippen LogP contribution in [0.2, 0.25) is 0 Å². The number of anilines is 3. The van der Waals surface area contributed by atoms with Gasteiger partial charge in [0, 0.05) is 23.1 Å². The van der Waals surface area contributed by atoms with Crippen LogP contribution < -0.4 is 4.90 Å². The largest absolute Gasteiger partial charge is 0.455 e. The summed E-state index contributed by atoms with van der Waals surface area (Å²) in [6.45, 7) is 7.40. The molecule has 4 aromatic rings. The molecule has 1 unspecified atom stereocenters. The number of para-hydroxylation sites is 1. The van der Waals surface area contributed by atoms with Crippen molar-refractivity contribution >= 4 is 23.0 Å². The van der Waals surface area contributed by atoms with Crippen LogP contribution in [0, 0.1) is 6.92 Å². The summed E-state index contributed by atoms with van der Waals surface area (Å²) in [4.78, 5) is 13.7. The summed E-state index contributed by atoms with van der Waals surface area (Å²) < 4.78 is 5.30. The monoisotopic (exact) mass is 433 g/mol. The summed E-state index contributed by atoms with van der Waals surface area (Å²) in [5.41, 5.74) is 7.73. The van der Waals surface area contributed by atoms with Gasteiger partial charge in [0.25, 0.3) is 0 Å². The predicted octanol–water partition coefficient (Wildman–Crippen LogP) is 7.92. The van der Waals surface area contributed by atoms with Crippen molar-refractivity contribution in [1.29, 1.82) is 0 Å². The molecule has 0 heterocycles. The Morgan fingerprint density at radius 1 is 0.758 bits per heavy atom. The number of nitrogens with zero attached hydrogens (tertiary/aromatic N) is 1. The van der Waals surface area contributed by atoms with E-state index in [1.807, 2.05) is 25.1 Å². The van der Waals surface area contributed by atoms with Crippen molar-refractivity contribution < 1.29 is 9.53 Å². The Morgan fingerprint density at radius 2 is 1.24 bits per heavy atom. The minimum Gasteiger partial charge on any atom is -0.455 e. The van der Waals surface area contributed by atoms with Crippen molar-refractivity contribution in [3.8, 4) is 11.1 Å². The summed E-state index contributed by atoms with van der Waals surface area (Å²) in [5.74, 6) is -0.418. The summed E-state index contributed by atoms with van der Waals surface area (Å²) in [6.07, 6.45) is 0.864. The average molecular weight is 434 g/mol. The Morgan fingerprint density at radius 3 is 1.79 bits per heavy atom. The number of hydrogen-bond donors (Lipinski definition) is 0. The number of ether oxygens (including phenoxy) is 1. The number of rotatable bonds is 7. The molecule has 1 atom stereocenters. The average Bonchev–Trinajstić information content (AvgIpc) is 2.86. The highest BCUT2D eigenvalue weighted by atomic mass is 16.5. The van der Waals surface area contributed by atoms with Crippen molar-refractivity contribution in [3.05, 3.63) is 127 Å². The van der Waals surface area contributed by atoms with Crippen LogP contribution in [0.3, 0.4) is 0 Å². The lowest BCUT2D eigenvalue weighted by molar-refractivity contribution is -0.142. The van der Waals surface area contributed by atoms with E-state index >= 15 is 0 Å². The van der Waals surface area contributed by atoms with Gasteiger partial charge in [-0.05, 0) is 66.9 Å². The first-order valence-electron chi connectivity index (χ1n) is 11.0. The minimum absolute atomic E-state index is 0.319. The number of aryl methyl sites for hydroxylation is 1. The predicted molar refractivity (Wildman–Crippen MR) is 136 cm³/mol. The Labute approximate surface area is 195 Å². The van der Waals surface area contributed by atoms with E-state index < -0.39 is 5.97 Å². The Hall–Kier alpha value is -4.11. The number of carbonyl (C=O) groups excluding carboxylic acids is 1. The first-order valence-corrected chi connectivity index (χ1v) is 11.0. The maximum atomic E-state index is 11.4. The van der Waals surface area contributed by atoms with Gasteiger partial charge in [0.15, 0.2) is 0 Å². The molecule has 0 saturated carbocycles. The third kappa shape index (κ3) is 5.21. The van der Waals surface area contributed by atoms with Crippen LogP contribution >= 0.6 is 0 Å². The van der Waals surface area contributed by atoms with Crippen molar-refractivity contribution in [2.45, 2.75) is 20.0 Å². The van der Waals surface area contributed by atoms with Crippen molar-refractivity contribution in [1.82, 2.24) is 0 Å². The Kier molecular flexibility index (Phi) is 6.70. The van der Waals surface area contributed by atoms with Crippen LogP contribution in [0.1, 0.15) is 24.2 Å². The van der Waals surface area contributed by atoms with E-state index in [9.17, 15) is 4.79 Å². The molecule has 0 fully saturated rings. The zero-order valence-corrected chi connectivity index (χ0v) is 18.9. The molecular weight excluding hydrogens is 406 g/mol. The molecule has 0 aliphatic carbocycles. The highest BCUT2D eigenvalue weighted by molar-refractivity contribution is 5.81. The van der Waals surface area contributed by atoms with Crippen LogP contribution in [0.15, 0.2) is 116 Å². The molecule has 0 aromatic heterocycles. The summed E-state index contributed by atoms with van der Waals surface area (Å²) >= 11 is 0. The second-order valence-corrected chi connectivity index (χ2v) is 7.96. The van der Waals surface area contributed by atoms with Crippen LogP contribution in [0.5, 0.6) is 0 Å². The van der Waals surface area contributed by atoms with E-state index in [0.717, 1.165) is 33.8 Å². The molecule has 3 nitrogen and oxygen atoms in total. The lowest BCUT2D eigenvalue weighted by Crippen LogP contribution is -2.09. The summed E-state index contributed by atoms with van der Waals surface area (Å²) in [7, 11) is 0. The molecule has 0 saturated heterocycles. The molecular formula is C30H27NO2. The van der Waals surface area contributed by atoms with Crippen molar-refractivity contribution in [3.63, 3.8) is 0 Å². The number of hydrogen-bond acceptors (Lipinski definition) is 3. The lowest BCUT2D eigenvalue weighted by Gasteiger charge is -2.25. The van der Waals surface area contributed by atoms with Crippen LogP contribution in [-0.2, 0) is 9.53 Å². The summed E-state index contributed by atoms with van der Waals surface area (Å²) in [5, 5.41) is 0. The van der Waals surface area contributed by atoms with Crippen LogP contribution in [0.4, 0.5) is 17.1 Å². The van der Waals surface area contributed by atoms with Gasteiger partial charge in [-0.1, -0.05) is 78.9 Å². The van der Waals surface area contributed by atoms with E-state index in [1.54, 1.807) is 0 Å². The normalized spacial score (nSPS) is 11.5. The van der Waals surface area contributed by atoms with Gasteiger partial charge in [-0.2, -0.15) is 0 Å². The maximum Gasteiger partial charge on any atom is 0.330 e. The van der Waals surface area contributed by atoms with Crippen LogP contribution in [0.25, 0.3) is 11.1 Å². The highest BCUT2D eigenvalue weighted by Crippen LogP contribution is 2.35. The van der Waals surface area contributed by atoms with E-state index in [-0.39, 0.29) is 6.10 Å². The van der Waals surface area contributed by atoms with Gasteiger partial charge in [-0.15, -0.1) is 0 Å². The molecule has 0 radical (unpaired) electrons. The second-order valence-electron chi connectivity index (χ2n) is 7.96. The molecule has 4 rings (SSSR count). The second kappa shape index (κ2) is 10.0. The molecule has 4 aromatic carbocycles. The smallest absolute Gasteiger partial charge is 0.330 e. The van der Waals surface area contributed by atoms with Crippen LogP contribution in [-0.4, -0.2) is 5.97 Å². The van der Waals surface area contributed by atoms with Gasteiger partial charge in [0.1, 0.15) is 6.10 Å². The molecule has 0 N–H and O–H groups in total. The number of benzene rings is 4. The topological polar surface area (TPSA) is 29.5 Å². The fourth-order valence-corrected chi connectivity index (χ4v) is 3.76. The van der Waals surface area contributed by atoms with Gasteiger partial charge in [-0.25, -0.2) is 4.79 Å². The first-order chi connectivity index (χ1) is 16.0. The molecule has 0 aliphatic rings. The molecule has 33 heavy (non-hydrogen) atoms. The minimum atomic E-state index is -0.418. The molecule has 164 valence electrons. The fraction of sp³-hybridized carbons (Fsp3) is 0.100. The van der Waals surface area contributed by atoms with E-state index in [0.29, 0.717) is 0 Å². The van der Waals surface area contributed by atoms with Gasteiger partial charge in [0.2, 0.25) is 0 Å². The number of esters is 1. The van der Waals surface area contributed by atoms with Gasteiger partial charge < -0.3 is 9.64 Å². The molecule has 0 amide bonds.